The van der Waals surface area contributed by atoms with Crippen molar-refractivity contribution in [1.82, 2.24) is 9.88 Å². The lowest BCUT2D eigenvalue weighted by Gasteiger charge is -2.37. The average Bonchev–Trinajstić information content (AvgIpc) is 3.26. The Kier molecular flexibility index (Phi) is 5.11. The normalized spacial score (nSPS) is 19.9. The second-order valence-corrected chi connectivity index (χ2v) is 8.18. The summed E-state index contributed by atoms with van der Waals surface area (Å²) in [6.45, 7) is 4.85. The molecule has 1 fully saturated rings. The second kappa shape index (κ2) is 8.07. The van der Waals surface area contributed by atoms with Crippen molar-refractivity contribution in [2.75, 3.05) is 32.8 Å². The molecule has 1 saturated heterocycles. The molecule has 7 heteroatoms. The van der Waals surface area contributed by atoms with Gasteiger partial charge in [-0.2, -0.15) is 0 Å². The molecule has 31 heavy (non-hydrogen) atoms. The van der Waals surface area contributed by atoms with Crippen LogP contribution < -0.4 is 14.4 Å². The van der Waals surface area contributed by atoms with Gasteiger partial charge in [-0.3, -0.25) is 9.59 Å². The Morgan fingerprint density at radius 3 is 2.58 bits per heavy atom. The van der Waals surface area contributed by atoms with Gasteiger partial charge in [0.2, 0.25) is 11.9 Å². The third kappa shape index (κ3) is 3.65. The largest absolute Gasteiger partial charge is 0.485 e. The predicted octanol–water partition coefficient (Wildman–Crippen LogP) is 1.31. The van der Waals surface area contributed by atoms with Crippen LogP contribution in [0.5, 0.6) is 11.5 Å². The van der Waals surface area contributed by atoms with Crippen LogP contribution in [0.2, 0.25) is 0 Å². The molecule has 2 aromatic carbocycles. The van der Waals surface area contributed by atoms with Crippen molar-refractivity contribution in [1.29, 1.82) is 0 Å². The van der Waals surface area contributed by atoms with E-state index in [1.165, 1.54) is 4.90 Å². The fourth-order valence-corrected chi connectivity index (χ4v) is 4.49. The Morgan fingerprint density at radius 1 is 1.06 bits per heavy atom. The number of hydrogen-bond donors (Lipinski definition) is 2. The van der Waals surface area contributed by atoms with Crippen LogP contribution in [0.25, 0.3) is 10.9 Å². The number of piperazine rings is 1. The number of aromatic nitrogens is 1. The first-order valence-corrected chi connectivity index (χ1v) is 10.7. The number of para-hydroxylation sites is 3. The van der Waals surface area contributed by atoms with E-state index >= 15 is 0 Å². The number of fused-ring (bicyclic) bond motifs is 2. The maximum Gasteiger partial charge on any atom is 0.267 e. The molecule has 1 amide bonds. The predicted molar refractivity (Wildman–Crippen MR) is 116 cm³/mol. The molecule has 2 atom stereocenters. The fourth-order valence-electron chi connectivity index (χ4n) is 4.49. The first-order valence-electron chi connectivity index (χ1n) is 10.7. The van der Waals surface area contributed by atoms with Gasteiger partial charge in [0.15, 0.2) is 11.5 Å². The number of rotatable bonds is 4. The van der Waals surface area contributed by atoms with Gasteiger partial charge in [-0.1, -0.05) is 30.3 Å². The zero-order valence-corrected chi connectivity index (χ0v) is 17.5. The quantitative estimate of drug-likeness (QED) is 0.624. The van der Waals surface area contributed by atoms with Gasteiger partial charge in [-0.25, -0.2) is 0 Å². The van der Waals surface area contributed by atoms with Crippen LogP contribution in [-0.4, -0.2) is 66.5 Å². The van der Waals surface area contributed by atoms with E-state index in [0.717, 1.165) is 29.6 Å². The van der Waals surface area contributed by atoms with Gasteiger partial charge >= 0.3 is 0 Å². The van der Waals surface area contributed by atoms with Gasteiger partial charge in [0.1, 0.15) is 12.6 Å². The Morgan fingerprint density at radius 2 is 1.77 bits per heavy atom. The van der Waals surface area contributed by atoms with Crippen LogP contribution in [0.3, 0.4) is 0 Å². The number of carbonyl (C=O) groups excluding carboxylic acids is 2. The number of carbonyl (C=O) groups is 2. The number of nitrogens with one attached hydrogen (secondary N) is 2. The van der Waals surface area contributed by atoms with Gasteiger partial charge < -0.3 is 24.3 Å². The summed E-state index contributed by atoms with van der Waals surface area (Å²) in [5.41, 5.74) is 1.71. The molecular weight excluding hydrogens is 394 g/mol. The van der Waals surface area contributed by atoms with E-state index in [2.05, 4.69) is 4.98 Å². The molecule has 1 aromatic heterocycles. The van der Waals surface area contributed by atoms with Crippen LogP contribution in [0.15, 0.2) is 54.7 Å². The van der Waals surface area contributed by atoms with Crippen molar-refractivity contribution in [3.8, 4) is 11.5 Å². The van der Waals surface area contributed by atoms with E-state index in [1.54, 1.807) is 6.20 Å². The molecule has 2 aliphatic rings. The van der Waals surface area contributed by atoms with Crippen LogP contribution in [0.1, 0.15) is 17.3 Å². The molecule has 2 N–H and O–H groups in total. The highest BCUT2D eigenvalue weighted by Gasteiger charge is 2.36. The monoisotopic (exact) mass is 420 g/mol. The maximum atomic E-state index is 13.1. The molecule has 3 heterocycles. The van der Waals surface area contributed by atoms with Crippen LogP contribution in [0.4, 0.5) is 0 Å². The van der Waals surface area contributed by atoms with Crippen molar-refractivity contribution in [3.05, 3.63) is 60.3 Å². The van der Waals surface area contributed by atoms with Crippen molar-refractivity contribution in [2.45, 2.75) is 19.1 Å². The molecule has 2 aliphatic heterocycles. The highest BCUT2D eigenvalue weighted by molar-refractivity contribution is 6.09. The number of quaternary nitrogens is 1. The highest BCUT2D eigenvalue weighted by atomic mass is 16.6. The number of benzene rings is 2. The molecule has 5 rings (SSSR count). The van der Waals surface area contributed by atoms with Crippen molar-refractivity contribution in [2.24, 2.45) is 0 Å². The Balaban J connectivity index is 1.20. The summed E-state index contributed by atoms with van der Waals surface area (Å²) < 4.78 is 11.6. The van der Waals surface area contributed by atoms with Crippen LogP contribution in [0, 0.1) is 0 Å². The number of H-pyrrole nitrogens is 1. The SMILES string of the molecule is C[C@H](C(=O)c1c[nH]c2ccccc12)[NH+]1CCN(C(=O)[C@H]2COc3ccccc3O2)CC1. The van der Waals surface area contributed by atoms with E-state index in [9.17, 15) is 9.59 Å². The topological polar surface area (TPSA) is 76.1 Å². The zero-order valence-electron chi connectivity index (χ0n) is 17.5. The summed E-state index contributed by atoms with van der Waals surface area (Å²) in [6.07, 6.45) is 1.18. The lowest BCUT2D eigenvalue weighted by Crippen LogP contribution is -3.18. The van der Waals surface area contributed by atoms with E-state index in [-0.39, 0.29) is 24.3 Å². The van der Waals surface area contributed by atoms with Gasteiger partial charge in [0.25, 0.3) is 5.91 Å². The summed E-state index contributed by atoms with van der Waals surface area (Å²) in [5, 5.41) is 0.960. The van der Waals surface area contributed by atoms with Crippen molar-refractivity contribution in [3.63, 3.8) is 0 Å². The van der Waals surface area contributed by atoms with Crippen LogP contribution >= 0.6 is 0 Å². The van der Waals surface area contributed by atoms with Gasteiger partial charge in [0, 0.05) is 22.7 Å². The summed E-state index contributed by atoms with van der Waals surface area (Å²) in [5.74, 6) is 1.36. The molecule has 0 saturated carbocycles. The number of ketones is 1. The molecule has 0 bridgehead atoms. The average molecular weight is 420 g/mol. The number of amides is 1. The number of Topliss-reactive ketones (excluding diaryl/α,β-unsaturated/α-hetero) is 1. The molecule has 0 aliphatic carbocycles. The standard InChI is InChI=1S/C24H25N3O4/c1-16(23(28)18-14-25-19-7-3-2-6-17(18)19)26-10-12-27(13-11-26)24(29)22-15-30-20-8-4-5-9-21(20)31-22/h2-9,14,16,22,25H,10-13,15H2,1H3/p+1/t16-,22-/m1/s1. The fraction of sp³-hybridized carbons (Fsp3) is 0.333. The lowest BCUT2D eigenvalue weighted by atomic mass is 10.0. The van der Waals surface area contributed by atoms with E-state index < -0.39 is 6.10 Å². The third-order valence-corrected chi connectivity index (χ3v) is 6.36. The summed E-state index contributed by atoms with van der Waals surface area (Å²) in [6, 6.07) is 15.1. The first-order chi connectivity index (χ1) is 15.1. The summed E-state index contributed by atoms with van der Waals surface area (Å²) in [7, 11) is 0. The zero-order chi connectivity index (χ0) is 21.4. The minimum Gasteiger partial charge on any atom is -0.485 e. The minimum atomic E-state index is -0.623. The smallest absolute Gasteiger partial charge is 0.267 e. The number of hydrogen-bond acceptors (Lipinski definition) is 4. The Bertz CT molecular complexity index is 1120. The summed E-state index contributed by atoms with van der Waals surface area (Å²) >= 11 is 0. The first kappa shape index (κ1) is 19.6. The maximum absolute atomic E-state index is 13.1. The molecule has 0 radical (unpaired) electrons. The van der Waals surface area contributed by atoms with Crippen molar-refractivity contribution < 1.29 is 24.0 Å². The lowest BCUT2D eigenvalue weighted by molar-refractivity contribution is -0.917. The summed E-state index contributed by atoms with van der Waals surface area (Å²) in [4.78, 5) is 32.3. The highest BCUT2D eigenvalue weighted by Crippen LogP contribution is 2.31. The molecule has 3 aromatic rings. The van der Waals surface area contributed by atoms with Gasteiger partial charge in [-0.05, 0) is 25.1 Å². The molecule has 160 valence electrons. The molecule has 0 unspecified atom stereocenters. The van der Waals surface area contributed by atoms with E-state index in [4.69, 9.17) is 9.47 Å². The number of ether oxygens (including phenoxy) is 2. The Labute approximate surface area is 180 Å². The van der Waals surface area contributed by atoms with Crippen molar-refractivity contribution >= 4 is 22.6 Å². The number of nitrogens with zero attached hydrogens (tertiary/aromatic N) is 1. The minimum absolute atomic E-state index is 0.0517. The molecule has 7 nitrogen and oxygen atoms in total. The molecular formula is C24H26N3O4+. The van der Waals surface area contributed by atoms with Gasteiger partial charge in [0.05, 0.1) is 26.2 Å². The van der Waals surface area contributed by atoms with Gasteiger partial charge in [-0.15, -0.1) is 0 Å². The third-order valence-electron chi connectivity index (χ3n) is 6.36. The van der Waals surface area contributed by atoms with Crippen LogP contribution in [-0.2, 0) is 4.79 Å². The molecule has 0 spiro atoms. The van der Waals surface area contributed by atoms with E-state index in [1.807, 2.05) is 60.4 Å². The number of aromatic amines is 1. The second-order valence-electron chi connectivity index (χ2n) is 8.18. The van der Waals surface area contributed by atoms with E-state index in [0.29, 0.717) is 24.6 Å². The Hall–Kier alpha value is -3.32.